The second-order valence-corrected chi connectivity index (χ2v) is 5.19. The van der Waals surface area contributed by atoms with Crippen LogP contribution >= 0.6 is 11.8 Å². The molecule has 1 rings (SSSR count). The molecular formula is C10H15NOS. The summed E-state index contributed by atoms with van der Waals surface area (Å²) in [5, 5.41) is 1.05. The molecule has 0 aromatic carbocycles. The van der Waals surface area contributed by atoms with E-state index in [0.29, 0.717) is 0 Å². The van der Waals surface area contributed by atoms with Gasteiger partial charge in [0, 0.05) is 18.1 Å². The predicted octanol–water partition coefficient (Wildman–Crippen LogP) is 2.60. The lowest BCUT2D eigenvalue weighted by molar-refractivity contribution is 0.179. The Hall–Kier alpha value is -0.540. The molecule has 0 aliphatic rings. The van der Waals surface area contributed by atoms with Gasteiger partial charge in [0.05, 0.1) is 11.6 Å². The van der Waals surface area contributed by atoms with Gasteiger partial charge in [0.15, 0.2) is 0 Å². The summed E-state index contributed by atoms with van der Waals surface area (Å²) < 4.78 is 5.22. The lowest BCUT2D eigenvalue weighted by atomic mass is 10.2. The van der Waals surface area contributed by atoms with Gasteiger partial charge in [-0.15, -0.1) is 0 Å². The van der Waals surface area contributed by atoms with Crippen LogP contribution in [0.15, 0.2) is 29.4 Å². The Labute approximate surface area is 83.7 Å². The van der Waals surface area contributed by atoms with Crippen molar-refractivity contribution >= 4 is 11.8 Å². The van der Waals surface area contributed by atoms with Crippen molar-refractivity contribution in [2.75, 3.05) is 13.7 Å². The van der Waals surface area contributed by atoms with E-state index in [9.17, 15) is 0 Å². The van der Waals surface area contributed by atoms with Crippen molar-refractivity contribution in [3.63, 3.8) is 0 Å². The second-order valence-electron chi connectivity index (χ2n) is 3.46. The van der Waals surface area contributed by atoms with Crippen LogP contribution in [0.25, 0.3) is 0 Å². The molecular weight excluding hydrogens is 182 g/mol. The van der Waals surface area contributed by atoms with Crippen LogP contribution in [0.4, 0.5) is 0 Å². The maximum atomic E-state index is 5.13. The Balaban J connectivity index is 2.58. The average Bonchev–Trinajstić information content (AvgIpc) is 2.04. The van der Waals surface area contributed by atoms with Crippen molar-refractivity contribution in [1.82, 2.24) is 4.98 Å². The van der Waals surface area contributed by atoms with Crippen molar-refractivity contribution in [3.8, 4) is 0 Å². The van der Waals surface area contributed by atoms with Crippen LogP contribution in [0, 0.1) is 0 Å². The fourth-order valence-corrected chi connectivity index (χ4v) is 2.07. The largest absolute Gasteiger partial charge is 0.383 e. The molecule has 13 heavy (non-hydrogen) atoms. The average molecular weight is 197 g/mol. The standard InChI is InChI=1S/C10H15NOS/c1-10(2,8-12-3)13-9-6-4-5-7-11-9/h4-7H,8H2,1-3H3. The van der Waals surface area contributed by atoms with Crippen LogP contribution in [0.3, 0.4) is 0 Å². The number of aromatic nitrogens is 1. The van der Waals surface area contributed by atoms with E-state index in [1.165, 1.54) is 0 Å². The van der Waals surface area contributed by atoms with E-state index in [-0.39, 0.29) is 4.75 Å². The van der Waals surface area contributed by atoms with Gasteiger partial charge in [-0.1, -0.05) is 17.8 Å². The van der Waals surface area contributed by atoms with Crippen LogP contribution in [0.2, 0.25) is 0 Å². The number of thioether (sulfide) groups is 1. The molecule has 0 fully saturated rings. The molecule has 0 N–H and O–H groups in total. The molecule has 72 valence electrons. The fraction of sp³-hybridized carbons (Fsp3) is 0.500. The number of methoxy groups -OCH3 is 1. The molecule has 0 atom stereocenters. The van der Waals surface area contributed by atoms with Crippen LogP contribution < -0.4 is 0 Å². The Bertz CT molecular complexity index is 248. The number of ether oxygens (including phenoxy) is 1. The maximum absolute atomic E-state index is 5.13. The molecule has 1 heterocycles. The number of nitrogens with zero attached hydrogens (tertiary/aromatic N) is 1. The molecule has 2 nitrogen and oxygen atoms in total. The minimum atomic E-state index is 0.0864. The van der Waals surface area contributed by atoms with E-state index >= 15 is 0 Å². The first-order valence-corrected chi connectivity index (χ1v) is 5.05. The molecule has 0 unspecified atom stereocenters. The highest BCUT2D eigenvalue weighted by molar-refractivity contribution is 8.00. The van der Waals surface area contributed by atoms with E-state index in [2.05, 4.69) is 18.8 Å². The molecule has 0 radical (unpaired) electrons. The highest BCUT2D eigenvalue weighted by Crippen LogP contribution is 2.30. The molecule has 1 aromatic rings. The van der Waals surface area contributed by atoms with Gasteiger partial charge >= 0.3 is 0 Å². The molecule has 0 aliphatic heterocycles. The van der Waals surface area contributed by atoms with Gasteiger partial charge in [-0.2, -0.15) is 0 Å². The summed E-state index contributed by atoms with van der Waals surface area (Å²) in [6.45, 7) is 5.03. The van der Waals surface area contributed by atoms with Crippen molar-refractivity contribution in [2.24, 2.45) is 0 Å². The third kappa shape index (κ3) is 3.79. The topological polar surface area (TPSA) is 22.1 Å². The number of hydrogen-bond acceptors (Lipinski definition) is 3. The van der Waals surface area contributed by atoms with Crippen LogP contribution in [0.5, 0.6) is 0 Å². The highest BCUT2D eigenvalue weighted by Gasteiger charge is 2.19. The normalized spacial score (nSPS) is 11.6. The van der Waals surface area contributed by atoms with Crippen molar-refractivity contribution < 1.29 is 4.74 Å². The molecule has 0 saturated carbocycles. The number of hydrogen-bond donors (Lipinski definition) is 0. The van der Waals surface area contributed by atoms with Crippen LogP contribution in [-0.2, 0) is 4.74 Å². The first kappa shape index (κ1) is 10.5. The summed E-state index contributed by atoms with van der Waals surface area (Å²) in [4.78, 5) is 4.25. The van der Waals surface area contributed by atoms with Crippen molar-refractivity contribution in [2.45, 2.75) is 23.6 Å². The Morgan fingerprint density at radius 3 is 2.77 bits per heavy atom. The SMILES string of the molecule is COCC(C)(C)Sc1ccccn1. The Morgan fingerprint density at radius 1 is 1.46 bits per heavy atom. The molecule has 0 amide bonds. The van der Waals surface area contributed by atoms with E-state index in [1.54, 1.807) is 18.9 Å². The van der Waals surface area contributed by atoms with Gasteiger partial charge in [0.2, 0.25) is 0 Å². The molecule has 0 bridgehead atoms. The summed E-state index contributed by atoms with van der Waals surface area (Å²) in [5.41, 5.74) is 0. The van der Waals surface area contributed by atoms with Crippen LogP contribution in [0.1, 0.15) is 13.8 Å². The van der Waals surface area contributed by atoms with Gasteiger partial charge in [0.1, 0.15) is 0 Å². The fourth-order valence-electron chi connectivity index (χ4n) is 1.07. The number of rotatable bonds is 4. The van der Waals surface area contributed by atoms with E-state index in [4.69, 9.17) is 4.74 Å². The third-order valence-corrected chi connectivity index (χ3v) is 2.63. The lowest BCUT2D eigenvalue weighted by Gasteiger charge is -2.21. The molecule has 0 aliphatic carbocycles. The zero-order valence-corrected chi connectivity index (χ0v) is 9.10. The lowest BCUT2D eigenvalue weighted by Crippen LogP contribution is -2.21. The van der Waals surface area contributed by atoms with E-state index in [0.717, 1.165) is 11.6 Å². The minimum absolute atomic E-state index is 0.0864. The quantitative estimate of drug-likeness (QED) is 0.693. The minimum Gasteiger partial charge on any atom is -0.383 e. The highest BCUT2D eigenvalue weighted by atomic mass is 32.2. The summed E-state index contributed by atoms with van der Waals surface area (Å²) in [7, 11) is 1.72. The molecule has 1 aromatic heterocycles. The zero-order chi connectivity index (χ0) is 9.73. The summed E-state index contributed by atoms with van der Waals surface area (Å²) >= 11 is 1.73. The molecule has 0 spiro atoms. The van der Waals surface area contributed by atoms with Gasteiger partial charge in [0.25, 0.3) is 0 Å². The van der Waals surface area contributed by atoms with E-state index in [1.807, 2.05) is 24.4 Å². The molecule has 0 saturated heterocycles. The van der Waals surface area contributed by atoms with Crippen molar-refractivity contribution in [1.29, 1.82) is 0 Å². The first-order valence-electron chi connectivity index (χ1n) is 4.23. The van der Waals surface area contributed by atoms with Gasteiger partial charge in [-0.25, -0.2) is 4.98 Å². The first-order chi connectivity index (χ1) is 6.14. The van der Waals surface area contributed by atoms with Crippen molar-refractivity contribution in [3.05, 3.63) is 24.4 Å². The maximum Gasteiger partial charge on any atom is 0.0965 e. The summed E-state index contributed by atoms with van der Waals surface area (Å²) in [6.07, 6.45) is 1.81. The number of pyridine rings is 1. The summed E-state index contributed by atoms with van der Waals surface area (Å²) in [6, 6.07) is 5.94. The monoisotopic (exact) mass is 197 g/mol. The summed E-state index contributed by atoms with van der Waals surface area (Å²) in [5.74, 6) is 0. The van der Waals surface area contributed by atoms with Gasteiger partial charge in [-0.05, 0) is 26.0 Å². The van der Waals surface area contributed by atoms with Gasteiger partial charge in [-0.3, -0.25) is 0 Å². The van der Waals surface area contributed by atoms with Crippen LogP contribution in [-0.4, -0.2) is 23.4 Å². The predicted molar refractivity (Wildman–Crippen MR) is 56.0 cm³/mol. The second kappa shape index (κ2) is 4.63. The zero-order valence-electron chi connectivity index (χ0n) is 8.28. The van der Waals surface area contributed by atoms with E-state index < -0.39 is 0 Å². The Morgan fingerprint density at radius 2 is 2.23 bits per heavy atom. The molecule has 3 heteroatoms. The Kier molecular flexibility index (Phi) is 3.75. The smallest absolute Gasteiger partial charge is 0.0965 e. The third-order valence-electron chi connectivity index (χ3n) is 1.51. The van der Waals surface area contributed by atoms with Gasteiger partial charge < -0.3 is 4.74 Å².